The fraction of sp³-hybridized carbons (Fsp3) is 0.269. The van der Waals surface area contributed by atoms with Crippen LogP contribution in [-0.4, -0.2) is 51.8 Å². The van der Waals surface area contributed by atoms with Crippen LogP contribution in [0.25, 0.3) is 22.2 Å². The monoisotopic (exact) mass is 441 g/mol. The Kier molecular flexibility index (Phi) is 5.34. The van der Waals surface area contributed by atoms with Crippen molar-refractivity contribution in [2.75, 3.05) is 20.1 Å². The van der Waals surface area contributed by atoms with Crippen LogP contribution < -0.4 is 10.1 Å². The minimum atomic E-state index is -0.0115. The number of likely N-dealkylation sites (tertiary alicyclic amines) is 1. The number of nitrogens with zero attached hydrogens (tertiary/aromatic N) is 4. The third kappa shape index (κ3) is 4.19. The summed E-state index contributed by atoms with van der Waals surface area (Å²) >= 11 is 0. The zero-order valence-corrected chi connectivity index (χ0v) is 19.3. The Labute approximate surface area is 193 Å². The molecule has 2 aromatic heterocycles. The summed E-state index contributed by atoms with van der Waals surface area (Å²) in [6, 6.07) is 16.0. The lowest BCUT2D eigenvalue weighted by Gasteiger charge is -2.36. The quantitative estimate of drug-likeness (QED) is 0.505. The number of aryl methyl sites for hydroxylation is 3. The van der Waals surface area contributed by atoms with Crippen LogP contribution in [0.15, 0.2) is 54.7 Å². The van der Waals surface area contributed by atoms with E-state index in [0.29, 0.717) is 11.3 Å². The minimum Gasteiger partial charge on any atom is -0.456 e. The summed E-state index contributed by atoms with van der Waals surface area (Å²) in [5.41, 5.74) is 6.43. The Bertz CT molecular complexity index is 1350. The van der Waals surface area contributed by atoms with Gasteiger partial charge in [0.1, 0.15) is 17.0 Å². The summed E-state index contributed by atoms with van der Waals surface area (Å²) in [7, 11) is 3.95. The Morgan fingerprint density at radius 1 is 1.03 bits per heavy atom. The molecule has 0 bridgehead atoms. The second kappa shape index (κ2) is 8.33. The van der Waals surface area contributed by atoms with E-state index >= 15 is 0 Å². The molecule has 3 heterocycles. The van der Waals surface area contributed by atoms with Gasteiger partial charge in [0.05, 0.1) is 23.4 Å². The van der Waals surface area contributed by atoms with E-state index in [4.69, 9.17) is 4.74 Å². The number of likely N-dealkylation sites (N-methyl/N-ethyl adjacent to an activating group) is 1. The number of carbonyl (C=O) groups excluding carboxylic acids is 1. The number of carbonyl (C=O) groups is 1. The van der Waals surface area contributed by atoms with E-state index in [1.165, 1.54) is 0 Å². The number of ether oxygens (including phenoxy) is 1. The third-order valence-electron chi connectivity index (χ3n) is 6.11. The Hall–Kier alpha value is -3.71. The summed E-state index contributed by atoms with van der Waals surface area (Å²) < 4.78 is 7.91. The predicted molar refractivity (Wildman–Crippen MR) is 129 cm³/mol. The van der Waals surface area contributed by atoms with Gasteiger partial charge >= 0.3 is 0 Å². The molecular weight excluding hydrogens is 414 g/mol. The summed E-state index contributed by atoms with van der Waals surface area (Å²) in [5.74, 6) is 1.37. The molecule has 0 atom stereocenters. The highest BCUT2D eigenvalue weighted by atomic mass is 16.5. The van der Waals surface area contributed by atoms with Gasteiger partial charge in [0, 0.05) is 31.8 Å². The van der Waals surface area contributed by atoms with Crippen molar-refractivity contribution in [3.63, 3.8) is 0 Å². The molecule has 0 unspecified atom stereocenters. The average molecular weight is 442 g/mol. The van der Waals surface area contributed by atoms with Crippen LogP contribution in [-0.2, 0) is 7.05 Å². The predicted octanol–water partition coefficient (Wildman–Crippen LogP) is 4.09. The number of benzene rings is 2. The molecular formula is C26H27N5O2. The molecule has 0 radical (unpaired) electrons. The number of pyridine rings is 1. The van der Waals surface area contributed by atoms with Crippen molar-refractivity contribution in [1.29, 1.82) is 0 Å². The number of hydrogen-bond donors (Lipinski definition) is 1. The third-order valence-corrected chi connectivity index (χ3v) is 6.11. The van der Waals surface area contributed by atoms with Crippen molar-refractivity contribution in [3.8, 4) is 22.6 Å². The van der Waals surface area contributed by atoms with Crippen molar-refractivity contribution < 1.29 is 9.53 Å². The number of hydrogen-bond acceptors (Lipinski definition) is 5. The van der Waals surface area contributed by atoms with E-state index in [2.05, 4.69) is 27.3 Å². The Morgan fingerprint density at radius 2 is 1.82 bits per heavy atom. The summed E-state index contributed by atoms with van der Waals surface area (Å²) in [6.07, 6.45) is 1.72. The first-order valence-electron chi connectivity index (χ1n) is 11.0. The van der Waals surface area contributed by atoms with Gasteiger partial charge in [-0.05, 0) is 55.8 Å². The summed E-state index contributed by atoms with van der Waals surface area (Å²) in [4.78, 5) is 19.3. The molecule has 7 heteroatoms. The SMILES string of the molecule is Cc1cc(-c2cccc(Oc3cnc4c(C)nn(C)c4c3)c2)ccc1C(=O)NC1CN(C)C1. The van der Waals surface area contributed by atoms with E-state index in [0.717, 1.165) is 52.3 Å². The molecule has 33 heavy (non-hydrogen) atoms. The second-order valence-corrected chi connectivity index (χ2v) is 8.80. The first kappa shape index (κ1) is 21.2. The number of fused-ring (bicyclic) bond motifs is 1. The number of aromatic nitrogens is 3. The Morgan fingerprint density at radius 3 is 2.58 bits per heavy atom. The lowest BCUT2D eigenvalue weighted by atomic mass is 9.99. The van der Waals surface area contributed by atoms with Crippen molar-refractivity contribution in [2.24, 2.45) is 7.05 Å². The normalized spacial score (nSPS) is 14.3. The fourth-order valence-electron chi connectivity index (χ4n) is 4.37. The standard InChI is InChI=1S/C26H27N5O2/c1-16-10-19(8-9-23(16)26(32)28-20-14-30(3)15-20)18-6-5-7-21(11-18)33-22-12-24-25(27-13-22)17(2)29-31(24)4/h5-13,20H,14-15H2,1-4H3,(H,28,32). The van der Waals surface area contributed by atoms with Crippen LogP contribution in [0.4, 0.5) is 0 Å². The van der Waals surface area contributed by atoms with Gasteiger partial charge in [0.2, 0.25) is 0 Å². The molecule has 0 saturated carbocycles. The average Bonchev–Trinajstić information content (AvgIpc) is 3.05. The fourth-order valence-corrected chi connectivity index (χ4v) is 4.37. The number of nitrogens with one attached hydrogen (secondary N) is 1. The molecule has 168 valence electrons. The van der Waals surface area contributed by atoms with Crippen molar-refractivity contribution >= 4 is 16.9 Å². The van der Waals surface area contributed by atoms with Gasteiger partial charge in [-0.1, -0.05) is 24.3 Å². The van der Waals surface area contributed by atoms with Crippen LogP contribution in [0.1, 0.15) is 21.6 Å². The molecule has 2 aromatic carbocycles. The molecule has 1 fully saturated rings. The summed E-state index contributed by atoms with van der Waals surface area (Å²) in [6.45, 7) is 5.72. The maximum absolute atomic E-state index is 12.6. The number of rotatable bonds is 5. The van der Waals surface area contributed by atoms with E-state index < -0.39 is 0 Å². The second-order valence-electron chi connectivity index (χ2n) is 8.80. The van der Waals surface area contributed by atoms with Gasteiger partial charge in [-0.25, -0.2) is 4.98 Å². The highest BCUT2D eigenvalue weighted by Gasteiger charge is 2.25. The highest BCUT2D eigenvalue weighted by Crippen LogP contribution is 2.30. The van der Waals surface area contributed by atoms with Crippen LogP contribution in [0.5, 0.6) is 11.5 Å². The molecule has 0 aliphatic carbocycles. The molecule has 1 N–H and O–H groups in total. The minimum absolute atomic E-state index is 0.0115. The van der Waals surface area contributed by atoms with Gasteiger partial charge in [0.15, 0.2) is 0 Å². The van der Waals surface area contributed by atoms with Gasteiger partial charge in [-0.15, -0.1) is 0 Å². The smallest absolute Gasteiger partial charge is 0.251 e. The topological polar surface area (TPSA) is 72.3 Å². The lowest BCUT2D eigenvalue weighted by molar-refractivity contribution is 0.0857. The van der Waals surface area contributed by atoms with Gasteiger partial charge in [0.25, 0.3) is 5.91 Å². The Balaban J connectivity index is 1.35. The van der Waals surface area contributed by atoms with Gasteiger partial charge < -0.3 is 15.0 Å². The molecule has 1 aliphatic rings. The maximum atomic E-state index is 12.6. The van der Waals surface area contributed by atoms with E-state index in [9.17, 15) is 4.79 Å². The molecule has 5 rings (SSSR count). The maximum Gasteiger partial charge on any atom is 0.251 e. The van der Waals surface area contributed by atoms with Gasteiger partial charge in [-0.2, -0.15) is 5.10 Å². The summed E-state index contributed by atoms with van der Waals surface area (Å²) in [5, 5.41) is 7.52. The molecule has 7 nitrogen and oxygen atoms in total. The van der Waals surface area contributed by atoms with Crippen LogP contribution in [0.3, 0.4) is 0 Å². The molecule has 1 saturated heterocycles. The molecule has 0 spiro atoms. The van der Waals surface area contributed by atoms with Crippen LogP contribution in [0.2, 0.25) is 0 Å². The van der Waals surface area contributed by atoms with E-state index in [-0.39, 0.29) is 11.9 Å². The van der Waals surface area contributed by atoms with Crippen LogP contribution >= 0.6 is 0 Å². The first-order valence-corrected chi connectivity index (χ1v) is 11.0. The highest BCUT2D eigenvalue weighted by molar-refractivity contribution is 5.96. The van der Waals surface area contributed by atoms with Crippen LogP contribution in [0, 0.1) is 13.8 Å². The first-order chi connectivity index (χ1) is 15.9. The van der Waals surface area contributed by atoms with Crippen molar-refractivity contribution in [1.82, 2.24) is 25.0 Å². The van der Waals surface area contributed by atoms with E-state index in [1.807, 2.05) is 74.1 Å². The number of amides is 1. The lowest BCUT2D eigenvalue weighted by Crippen LogP contribution is -2.57. The van der Waals surface area contributed by atoms with Gasteiger partial charge in [-0.3, -0.25) is 9.48 Å². The molecule has 1 amide bonds. The van der Waals surface area contributed by atoms with Crippen molar-refractivity contribution in [3.05, 3.63) is 71.5 Å². The van der Waals surface area contributed by atoms with E-state index in [1.54, 1.807) is 6.20 Å². The molecule has 4 aromatic rings. The molecule has 1 aliphatic heterocycles. The zero-order valence-electron chi connectivity index (χ0n) is 19.3. The van der Waals surface area contributed by atoms with Crippen molar-refractivity contribution in [2.45, 2.75) is 19.9 Å². The zero-order chi connectivity index (χ0) is 23.1. The largest absolute Gasteiger partial charge is 0.456 e.